The maximum atomic E-state index is 12.7. The Morgan fingerprint density at radius 3 is 3.12 bits per heavy atom. The standard InChI is InChI=1S/C11H14FN3O/c12-6-1-2-8(14-5-6)15-10-9(13)7-3-4-16-11(7)10/h1-2,5,7,9-11H,3-4,13H2,(H,14,15). The SMILES string of the molecule is NC1C2CCOC2C1Nc1ccc(F)cn1. The molecule has 3 rings (SSSR count). The lowest BCUT2D eigenvalue weighted by molar-refractivity contribution is 0.00524. The monoisotopic (exact) mass is 223 g/mol. The van der Waals surface area contributed by atoms with Gasteiger partial charge >= 0.3 is 0 Å². The van der Waals surface area contributed by atoms with E-state index in [0.29, 0.717) is 11.7 Å². The van der Waals surface area contributed by atoms with Gasteiger partial charge in [-0.2, -0.15) is 0 Å². The second kappa shape index (κ2) is 3.68. The number of pyridine rings is 1. The van der Waals surface area contributed by atoms with Crippen molar-refractivity contribution >= 4 is 5.82 Å². The predicted molar refractivity (Wildman–Crippen MR) is 57.4 cm³/mol. The highest BCUT2D eigenvalue weighted by Gasteiger charge is 2.52. The predicted octanol–water partition coefficient (Wildman–Crippen LogP) is 0.747. The van der Waals surface area contributed by atoms with Crippen molar-refractivity contribution in [2.45, 2.75) is 24.6 Å². The molecule has 4 unspecified atom stereocenters. The lowest BCUT2D eigenvalue weighted by Gasteiger charge is -2.45. The Kier molecular flexibility index (Phi) is 2.29. The van der Waals surface area contributed by atoms with E-state index in [-0.39, 0.29) is 24.0 Å². The van der Waals surface area contributed by atoms with E-state index >= 15 is 0 Å². The van der Waals surface area contributed by atoms with Crippen molar-refractivity contribution in [2.24, 2.45) is 11.7 Å². The van der Waals surface area contributed by atoms with Crippen LogP contribution in [0.25, 0.3) is 0 Å². The van der Waals surface area contributed by atoms with Gasteiger partial charge in [0.25, 0.3) is 0 Å². The van der Waals surface area contributed by atoms with Crippen LogP contribution in [0.5, 0.6) is 0 Å². The first-order valence-corrected chi connectivity index (χ1v) is 5.51. The molecule has 1 aromatic heterocycles. The fraction of sp³-hybridized carbons (Fsp3) is 0.545. The Hall–Kier alpha value is -1.20. The lowest BCUT2D eigenvalue weighted by Crippen LogP contribution is -2.65. The Balaban J connectivity index is 1.69. The topological polar surface area (TPSA) is 60.2 Å². The van der Waals surface area contributed by atoms with Crippen LogP contribution in [0.15, 0.2) is 18.3 Å². The van der Waals surface area contributed by atoms with Crippen molar-refractivity contribution in [2.75, 3.05) is 11.9 Å². The molecule has 0 aromatic carbocycles. The Labute approximate surface area is 93.0 Å². The van der Waals surface area contributed by atoms with Crippen LogP contribution < -0.4 is 11.1 Å². The Bertz CT molecular complexity index is 383. The highest BCUT2D eigenvalue weighted by atomic mass is 19.1. The van der Waals surface area contributed by atoms with E-state index in [4.69, 9.17) is 10.5 Å². The number of aromatic nitrogens is 1. The fourth-order valence-corrected chi connectivity index (χ4v) is 2.56. The summed E-state index contributed by atoms with van der Waals surface area (Å²) in [4.78, 5) is 3.95. The maximum absolute atomic E-state index is 12.7. The van der Waals surface area contributed by atoms with Gasteiger partial charge in [0.1, 0.15) is 11.6 Å². The van der Waals surface area contributed by atoms with Crippen molar-refractivity contribution in [3.05, 3.63) is 24.1 Å². The molecule has 5 heteroatoms. The minimum atomic E-state index is -0.335. The second-order valence-electron chi connectivity index (χ2n) is 4.40. The van der Waals surface area contributed by atoms with E-state index < -0.39 is 0 Å². The zero-order chi connectivity index (χ0) is 11.1. The molecule has 4 nitrogen and oxygen atoms in total. The number of nitrogens with one attached hydrogen (secondary N) is 1. The molecule has 0 bridgehead atoms. The number of fused-ring (bicyclic) bond motifs is 1. The lowest BCUT2D eigenvalue weighted by atomic mass is 9.72. The van der Waals surface area contributed by atoms with E-state index in [1.165, 1.54) is 12.3 Å². The van der Waals surface area contributed by atoms with Crippen molar-refractivity contribution in [3.63, 3.8) is 0 Å². The van der Waals surface area contributed by atoms with Gasteiger partial charge in [-0.05, 0) is 18.6 Å². The molecule has 1 saturated heterocycles. The molecule has 2 fully saturated rings. The van der Waals surface area contributed by atoms with Gasteiger partial charge in [-0.15, -0.1) is 0 Å². The number of hydrogen-bond acceptors (Lipinski definition) is 4. The van der Waals surface area contributed by atoms with Crippen LogP contribution in [-0.4, -0.2) is 29.8 Å². The average Bonchev–Trinajstić information content (AvgIpc) is 2.73. The van der Waals surface area contributed by atoms with Crippen LogP contribution in [0.1, 0.15) is 6.42 Å². The van der Waals surface area contributed by atoms with E-state index in [2.05, 4.69) is 10.3 Å². The summed E-state index contributed by atoms with van der Waals surface area (Å²) in [5.41, 5.74) is 6.04. The summed E-state index contributed by atoms with van der Waals surface area (Å²) in [6, 6.07) is 3.21. The molecule has 1 aliphatic carbocycles. The number of nitrogens with zero attached hydrogens (tertiary/aromatic N) is 1. The van der Waals surface area contributed by atoms with Crippen molar-refractivity contribution < 1.29 is 9.13 Å². The van der Waals surface area contributed by atoms with E-state index in [1.54, 1.807) is 6.07 Å². The Morgan fingerprint density at radius 1 is 1.50 bits per heavy atom. The van der Waals surface area contributed by atoms with E-state index in [9.17, 15) is 4.39 Å². The summed E-state index contributed by atoms with van der Waals surface area (Å²) in [5, 5.41) is 3.20. The number of ether oxygens (including phenoxy) is 1. The molecule has 3 N–H and O–H groups in total. The molecule has 2 heterocycles. The van der Waals surface area contributed by atoms with Gasteiger partial charge in [0.15, 0.2) is 0 Å². The van der Waals surface area contributed by atoms with Crippen molar-refractivity contribution in [1.29, 1.82) is 0 Å². The number of rotatable bonds is 2. The first-order valence-electron chi connectivity index (χ1n) is 5.51. The smallest absolute Gasteiger partial charge is 0.141 e. The minimum absolute atomic E-state index is 0.102. The first-order chi connectivity index (χ1) is 7.75. The third kappa shape index (κ3) is 1.47. The molecule has 1 aromatic rings. The first kappa shape index (κ1) is 9.99. The summed E-state index contributed by atoms with van der Waals surface area (Å²) in [7, 11) is 0. The number of hydrogen-bond donors (Lipinski definition) is 2. The van der Waals surface area contributed by atoms with Gasteiger partial charge in [0.05, 0.1) is 18.3 Å². The Morgan fingerprint density at radius 2 is 2.38 bits per heavy atom. The van der Waals surface area contributed by atoms with Crippen LogP contribution in [0.2, 0.25) is 0 Å². The minimum Gasteiger partial charge on any atom is -0.376 e. The van der Waals surface area contributed by atoms with E-state index in [1.807, 2.05) is 0 Å². The second-order valence-corrected chi connectivity index (χ2v) is 4.40. The zero-order valence-corrected chi connectivity index (χ0v) is 8.77. The zero-order valence-electron chi connectivity index (χ0n) is 8.77. The summed E-state index contributed by atoms with van der Waals surface area (Å²) >= 11 is 0. The largest absolute Gasteiger partial charge is 0.376 e. The summed E-state index contributed by atoms with van der Waals surface area (Å²) in [6.45, 7) is 0.790. The van der Waals surface area contributed by atoms with Crippen LogP contribution in [0.4, 0.5) is 10.2 Å². The van der Waals surface area contributed by atoms with Crippen molar-refractivity contribution in [3.8, 4) is 0 Å². The molecule has 0 spiro atoms. The maximum Gasteiger partial charge on any atom is 0.141 e. The van der Waals surface area contributed by atoms with Crippen LogP contribution >= 0.6 is 0 Å². The highest BCUT2D eigenvalue weighted by molar-refractivity contribution is 5.38. The normalized spacial score (nSPS) is 36.6. The molecule has 86 valence electrons. The van der Waals surface area contributed by atoms with E-state index in [0.717, 1.165) is 13.0 Å². The molecular formula is C11H14FN3O. The highest BCUT2D eigenvalue weighted by Crippen LogP contribution is 2.39. The van der Waals surface area contributed by atoms with Crippen LogP contribution in [-0.2, 0) is 4.74 Å². The summed E-state index contributed by atoms with van der Waals surface area (Å²) in [6.07, 6.45) is 2.43. The van der Waals surface area contributed by atoms with Crippen molar-refractivity contribution in [1.82, 2.24) is 4.98 Å². The molecule has 1 saturated carbocycles. The number of halogens is 1. The van der Waals surface area contributed by atoms with Crippen LogP contribution in [0.3, 0.4) is 0 Å². The van der Waals surface area contributed by atoms with Gasteiger partial charge in [-0.1, -0.05) is 0 Å². The number of anilines is 1. The van der Waals surface area contributed by atoms with Gasteiger partial charge < -0.3 is 15.8 Å². The number of nitrogens with two attached hydrogens (primary N) is 1. The molecule has 2 aliphatic rings. The van der Waals surface area contributed by atoms with Gasteiger partial charge in [0, 0.05) is 18.6 Å². The molecular weight excluding hydrogens is 209 g/mol. The third-order valence-electron chi connectivity index (χ3n) is 3.49. The molecule has 0 radical (unpaired) electrons. The third-order valence-corrected chi connectivity index (χ3v) is 3.49. The molecule has 16 heavy (non-hydrogen) atoms. The summed E-state index contributed by atoms with van der Waals surface area (Å²) < 4.78 is 18.3. The quantitative estimate of drug-likeness (QED) is 0.776. The molecule has 1 aliphatic heterocycles. The van der Waals surface area contributed by atoms with Gasteiger partial charge in [0.2, 0.25) is 0 Å². The summed E-state index contributed by atoms with van der Waals surface area (Å²) in [5.74, 6) is 0.784. The molecule has 4 atom stereocenters. The molecule has 0 amide bonds. The average molecular weight is 223 g/mol. The van der Waals surface area contributed by atoms with Gasteiger partial charge in [-0.25, -0.2) is 9.37 Å². The van der Waals surface area contributed by atoms with Gasteiger partial charge in [-0.3, -0.25) is 0 Å². The van der Waals surface area contributed by atoms with Crippen LogP contribution in [0, 0.1) is 11.7 Å². The fourth-order valence-electron chi connectivity index (χ4n) is 2.56.